The standard InChI is InChI=1S/C18H22F3N5O2/c1-17(28,18(19,20)21)10-24-16(27)14-15(22)23-8-13(25-14)12-6-4-11(5-7-12)9-26(2)3/h4-8,28H,9-10H2,1-3H3,(H2,22,23)(H,24,27)/t17-/m1/s1. The number of aliphatic hydroxyl groups is 1. The first-order valence-corrected chi connectivity index (χ1v) is 8.34. The fraction of sp³-hybridized carbons (Fsp3) is 0.389. The third-order valence-corrected chi connectivity index (χ3v) is 3.97. The van der Waals surface area contributed by atoms with Gasteiger partial charge >= 0.3 is 6.18 Å². The van der Waals surface area contributed by atoms with Crippen LogP contribution in [0.1, 0.15) is 23.0 Å². The number of aromatic nitrogens is 2. The summed E-state index contributed by atoms with van der Waals surface area (Å²) in [4.78, 5) is 22.3. The van der Waals surface area contributed by atoms with Crippen LogP contribution in [0.2, 0.25) is 0 Å². The van der Waals surface area contributed by atoms with Crippen LogP contribution in [-0.2, 0) is 6.54 Å². The van der Waals surface area contributed by atoms with Gasteiger partial charge in [-0.15, -0.1) is 0 Å². The normalized spacial score (nSPS) is 14.0. The molecular formula is C18H22F3N5O2. The number of nitrogen functional groups attached to an aromatic ring is 1. The van der Waals surface area contributed by atoms with E-state index in [1.54, 1.807) is 12.1 Å². The monoisotopic (exact) mass is 397 g/mol. The number of halogens is 3. The van der Waals surface area contributed by atoms with E-state index in [0.29, 0.717) is 18.2 Å². The van der Waals surface area contributed by atoms with Crippen LogP contribution in [0.15, 0.2) is 30.5 Å². The van der Waals surface area contributed by atoms with Crippen LogP contribution in [-0.4, -0.2) is 58.3 Å². The number of nitrogens with two attached hydrogens (primary N) is 1. The zero-order valence-electron chi connectivity index (χ0n) is 15.7. The molecule has 0 bridgehead atoms. The second-order valence-electron chi connectivity index (χ2n) is 6.88. The van der Waals surface area contributed by atoms with Gasteiger partial charge < -0.3 is 21.1 Å². The van der Waals surface area contributed by atoms with Crippen molar-refractivity contribution in [2.24, 2.45) is 0 Å². The van der Waals surface area contributed by atoms with Crippen LogP contribution >= 0.6 is 0 Å². The molecule has 28 heavy (non-hydrogen) atoms. The largest absolute Gasteiger partial charge is 0.418 e. The van der Waals surface area contributed by atoms with Gasteiger partial charge in [0.05, 0.1) is 18.4 Å². The smallest absolute Gasteiger partial charge is 0.382 e. The number of hydrogen-bond donors (Lipinski definition) is 3. The second kappa shape index (κ2) is 8.11. The van der Waals surface area contributed by atoms with Crippen LogP contribution in [0.4, 0.5) is 19.0 Å². The molecule has 0 radical (unpaired) electrons. The summed E-state index contributed by atoms with van der Waals surface area (Å²) >= 11 is 0. The number of alkyl halides is 3. The number of nitrogens with one attached hydrogen (secondary N) is 1. The zero-order valence-corrected chi connectivity index (χ0v) is 15.7. The van der Waals surface area contributed by atoms with Crippen molar-refractivity contribution < 1.29 is 23.1 Å². The Morgan fingerprint density at radius 1 is 1.25 bits per heavy atom. The maximum atomic E-state index is 12.7. The van der Waals surface area contributed by atoms with E-state index in [1.807, 2.05) is 36.4 Å². The average Bonchev–Trinajstić information content (AvgIpc) is 2.59. The van der Waals surface area contributed by atoms with Crippen molar-refractivity contribution in [2.75, 3.05) is 26.4 Å². The highest BCUT2D eigenvalue weighted by Gasteiger charge is 2.50. The highest BCUT2D eigenvalue weighted by Crippen LogP contribution is 2.29. The fourth-order valence-electron chi connectivity index (χ4n) is 2.29. The summed E-state index contributed by atoms with van der Waals surface area (Å²) in [5.41, 5.74) is 4.35. The Kier molecular flexibility index (Phi) is 6.25. The summed E-state index contributed by atoms with van der Waals surface area (Å²) in [6.07, 6.45) is -3.52. The van der Waals surface area contributed by atoms with Crippen molar-refractivity contribution in [1.29, 1.82) is 0 Å². The number of carbonyl (C=O) groups is 1. The van der Waals surface area contributed by atoms with E-state index >= 15 is 0 Å². The molecule has 0 saturated heterocycles. The van der Waals surface area contributed by atoms with E-state index in [9.17, 15) is 23.1 Å². The van der Waals surface area contributed by atoms with Gasteiger partial charge in [-0.1, -0.05) is 24.3 Å². The number of nitrogens with zero attached hydrogens (tertiary/aromatic N) is 3. The molecule has 152 valence electrons. The van der Waals surface area contributed by atoms with Crippen molar-refractivity contribution >= 4 is 11.7 Å². The van der Waals surface area contributed by atoms with Crippen LogP contribution in [0.25, 0.3) is 11.3 Å². The van der Waals surface area contributed by atoms with Gasteiger partial charge in [0.25, 0.3) is 5.91 Å². The molecule has 0 fully saturated rings. The Morgan fingerprint density at radius 2 is 1.86 bits per heavy atom. The number of hydrogen-bond acceptors (Lipinski definition) is 6. The summed E-state index contributed by atoms with van der Waals surface area (Å²) in [6.45, 7) is 0.272. The summed E-state index contributed by atoms with van der Waals surface area (Å²) < 4.78 is 38.1. The van der Waals surface area contributed by atoms with E-state index in [-0.39, 0.29) is 11.5 Å². The molecule has 2 aromatic rings. The molecule has 0 spiro atoms. The van der Waals surface area contributed by atoms with Gasteiger partial charge in [0.15, 0.2) is 17.1 Å². The lowest BCUT2D eigenvalue weighted by atomic mass is 10.1. The quantitative estimate of drug-likeness (QED) is 0.687. The molecule has 1 aromatic carbocycles. The third-order valence-electron chi connectivity index (χ3n) is 3.97. The van der Waals surface area contributed by atoms with Crippen molar-refractivity contribution in [3.63, 3.8) is 0 Å². The maximum Gasteiger partial charge on any atom is 0.418 e. The van der Waals surface area contributed by atoms with Crippen molar-refractivity contribution in [3.8, 4) is 11.3 Å². The lowest BCUT2D eigenvalue weighted by Gasteiger charge is -2.26. The van der Waals surface area contributed by atoms with Crippen LogP contribution in [0.3, 0.4) is 0 Å². The molecule has 4 N–H and O–H groups in total. The van der Waals surface area contributed by atoms with Crippen LogP contribution in [0, 0.1) is 0 Å². The molecule has 1 aromatic heterocycles. The van der Waals surface area contributed by atoms with Gasteiger partial charge in [0, 0.05) is 12.1 Å². The first-order valence-electron chi connectivity index (χ1n) is 8.34. The molecule has 0 aliphatic rings. The van der Waals surface area contributed by atoms with Crippen molar-refractivity contribution in [3.05, 3.63) is 41.7 Å². The zero-order chi connectivity index (χ0) is 21.1. The minimum absolute atomic E-state index is 0.225. The topological polar surface area (TPSA) is 104 Å². The Morgan fingerprint density at radius 3 is 2.39 bits per heavy atom. The Hall–Kier alpha value is -2.72. The molecule has 0 aliphatic carbocycles. The minimum atomic E-state index is -4.90. The third kappa shape index (κ3) is 5.17. The Bertz CT molecular complexity index is 836. The molecule has 2 rings (SSSR count). The molecule has 1 atom stereocenters. The van der Waals surface area contributed by atoms with Gasteiger partial charge in [-0.25, -0.2) is 9.97 Å². The van der Waals surface area contributed by atoms with Gasteiger partial charge in [0.2, 0.25) is 0 Å². The van der Waals surface area contributed by atoms with E-state index in [0.717, 1.165) is 12.1 Å². The number of amides is 1. The predicted octanol–water partition coefficient (Wildman–Crippen LogP) is 1.83. The van der Waals surface area contributed by atoms with Gasteiger partial charge in [-0.3, -0.25) is 4.79 Å². The molecule has 0 saturated carbocycles. The number of carbonyl (C=O) groups excluding carboxylic acids is 1. The minimum Gasteiger partial charge on any atom is -0.382 e. The summed E-state index contributed by atoms with van der Waals surface area (Å²) in [5, 5.41) is 11.4. The van der Waals surface area contributed by atoms with E-state index in [2.05, 4.69) is 9.97 Å². The van der Waals surface area contributed by atoms with E-state index < -0.39 is 24.2 Å². The van der Waals surface area contributed by atoms with Gasteiger partial charge in [-0.2, -0.15) is 13.2 Å². The lowest BCUT2D eigenvalue weighted by Crippen LogP contribution is -2.51. The highest BCUT2D eigenvalue weighted by atomic mass is 19.4. The number of rotatable bonds is 6. The number of anilines is 1. The van der Waals surface area contributed by atoms with Gasteiger partial charge in [0.1, 0.15) is 0 Å². The van der Waals surface area contributed by atoms with Crippen molar-refractivity contribution in [2.45, 2.75) is 25.2 Å². The first kappa shape index (κ1) is 21.6. The molecule has 1 heterocycles. The summed E-state index contributed by atoms with van der Waals surface area (Å²) in [7, 11) is 3.89. The van der Waals surface area contributed by atoms with E-state index in [4.69, 9.17) is 5.73 Å². The lowest BCUT2D eigenvalue weighted by molar-refractivity contribution is -0.249. The summed E-state index contributed by atoms with van der Waals surface area (Å²) in [6, 6.07) is 7.39. The fourth-order valence-corrected chi connectivity index (χ4v) is 2.29. The molecule has 1 amide bonds. The molecule has 0 aliphatic heterocycles. The number of benzene rings is 1. The molecule has 7 nitrogen and oxygen atoms in total. The first-order chi connectivity index (χ1) is 12.9. The average molecular weight is 397 g/mol. The van der Waals surface area contributed by atoms with Gasteiger partial charge in [-0.05, 0) is 26.6 Å². The second-order valence-corrected chi connectivity index (χ2v) is 6.88. The van der Waals surface area contributed by atoms with E-state index in [1.165, 1.54) is 6.20 Å². The van der Waals surface area contributed by atoms with Crippen LogP contribution < -0.4 is 11.1 Å². The van der Waals surface area contributed by atoms with Crippen LogP contribution in [0.5, 0.6) is 0 Å². The highest BCUT2D eigenvalue weighted by molar-refractivity contribution is 5.96. The Labute approximate surface area is 160 Å². The maximum absolute atomic E-state index is 12.7. The van der Waals surface area contributed by atoms with Crippen molar-refractivity contribution in [1.82, 2.24) is 20.2 Å². The predicted molar refractivity (Wildman–Crippen MR) is 98.3 cm³/mol. The molecule has 10 heteroatoms. The summed E-state index contributed by atoms with van der Waals surface area (Å²) in [5.74, 6) is -1.18. The molecular weight excluding hydrogens is 375 g/mol. The SMILES string of the molecule is CN(C)Cc1ccc(-c2cnc(N)c(C(=O)NC[C@@](C)(O)C(F)(F)F)n2)cc1. The Balaban J connectivity index is 2.20. The molecule has 0 unspecified atom stereocenters.